The molecule has 0 atom stereocenters. The molecule has 0 aromatic carbocycles. The number of imidazole rings is 1. The molecule has 84 valence electrons. The van der Waals surface area contributed by atoms with Crippen LogP contribution in [0.4, 0.5) is 0 Å². The van der Waals surface area contributed by atoms with Crippen LogP contribution in [0.15, 0.2) is 23.6 Å². The first kappa shape index (κ1) is 9.38. The smallest absolute Gasteiger partial charge is 0.330 e. The fraction of sp³-hybridized carbons (Fsp3) is 0.500. The molecule has 1 saturated carbocycles. The summed E-state index contributed by atoms with van der Waals surface area (Å²) < 4.78 is 5.06. The van der Waals surface area contributed by atoms with Crippen molar-refractivity contribution in [1.82, 2.24) is 23.9 Å². The lowest BCUT2D eigenvalue weighted by atomic mass is 10.4. The Morgan fingerprint density at radius 1 is 1.44 bits per heavy atom. The summed E-state index contributed by atoms with van der Waals surface area (Å²) in [5.41, 5.74) is 0.951. The Kier molecular flexibility index (Phi) is 1.95. The molecular weight excluding hydrogens is 206 g/mol. The van der Waals surface area contributed by atoms with Gasteiger partial charge in [0.15, 0.2) is 0 Å². The molecule has 0 aliphatic heterocycles. The molecule has 1 aliphatic carbocycles. The molecule has 1 fully saturated rings. The van der Waals surface area contributed by atoms with Crippen molar-refractivity contribution in [3.05, 3.63) is 35.0 Å². The SMILES string of the molecule is Cn1cnn(Cc2cncn2C2CC2)c1=O. The van der Waals surface area contributed by atoms with Gasteiger partial charge in [-0.3, -0.25) is 4.57 Å². The minimum Gasteiger partial charge on any atom is -0.330 e. The van der Waals surface area contributed by atoms with E-state index >= 15 is 0 Å². The van der Waals surface area contributed by atoms with Crippen LogP contribution in [0.25, 0.3) is 0 Å². The van der Waals surface area contributed by atoms with Crippen molar-refractivity contribution in [2.45, 2.75) is 25.4 Å². The predicted molar refractivity (Wildman–Crippen MR) is 57.1 cm³/mol. The maximum absolute atomic E-state index is 11.6. The summed E-state index contributed by atoms with van der Waals surface area (Å²) in [4.78, 5) is 15.8. The molecule has 0 radical (unpaired) electrons. The number of aryl methyl sites for hydroxylation is 1. The Hall–Kier alpha value is -1.85. The fourth-order valence-corrected chi connectivity index (χ4v) is 1.82. The summed E-state index contributed by atoms with van der Waals surface area (Å²) in [6.45, 7) is 0.496. The van der Waals surface area contributed by atoms with Gasteiger partial charge in [-0.05, 0) is 12.8 Å². The van der Waals surface area contributed by atoms with Gasteiger partial charge in [-0.2, -0.15) is 5.10 Å². The highest BCUT2D eigenvalue weighted by Gasteiger charge is 2.25. The quantitative estimate of drug-likeness (QED) is 0.739. The first-order valence-corrected chi connectivity index (χ1v) is 5.35. The number of hydrogen-bond donors (Lipinski definition) is 0. The molecule has 1 aliphatic rings. The molecule has 0 spiro atoms. The third-order valence-electron chi connectivity index (χ3n) is 2.89. The Labute approximate surface area is 92.1 Å². The molecular formula is C10H13N5O. The van der Waals surface area contributed by atoms with E-state index in [4.69, 9.17) is 0 Å². The van der Waals surface area contributed by atoms with Crippen LogP contribution in [-0.2, 0) is 13.6 Å². The summed E-state index contributed by atoms with van der Waals surface area (Å²) in [5, 5.41) is 4.04. The van der Waals surface area contributed by atoms with Gasteiger partial charge in [0.05, 0.1) is 24.8 Å². The standard InChI is InChI=1S/C10H13N5O/c1-13-7-12-15(10(13)16)5-9-4-11-6-14(9)8-2-3-8/h4,6-8H,2-3,5H2,1H3. The molecule has 6 nitrogen and oxygen atoms in total. The molecule has 0 unspecified atom stereocenters. The Balaban J connectivity index is 1.91. The largest absolute Gasteiger partial charge is 0.345 e. The van der Waals surface area contributed by atoms with Crippen molar-refractivity contribution in [3.8, 4) is 0 Å². The van der Waals surface area contributed by atoms with Crippen molar-refractivity contribution >= 4 is 0 Å². The molecule has 0 saturated heterocycles. The van der Waals surface area contributed by atoms with Gasteiger partial charge in [0, 0.05) is 13.1 Å². The molecule has 0 amide bonds. The monoisotopic (exact) mass is 219 g/mol. The second kappa shape index (κ2) is 3.33. The van der Waals surface area contributed by atoms with Crippen LogP contribution < -0.4 is 5.69 Å². The van der Waals surface area contributed by atoms with E-state index in [1.807, 2.05) is 6.33 Å². The number of hydrogen-bond acceptors (Lipinski definition) is 3. The minimum atomic E-state index is -0.0939. The van der Waals surface area contributed by atoms with E-state index in [2.05, 4.69) is 14.6 Å². The summed E-state index contributed by atoms with van der Waals surface area (Å²) in [5.74, 6) is 0. The highest BCUT2D eigenvalue weighted by atomic mass is 16.2. The molecule has 3 rings (SSSR count). The molecule has 2 heterocycles. The molecule has 0 N–H and O–H groups in total. The van der Waals surface area contributed by atoms with E-state index in [1.54, 1.807) is 13.2 Å². The molecule has 2 aromatic rings. The minimum absolute atomic E-state index is 0.0939. The van der Waals surface area contributed by atoms with Gasteiger partial charge in [0.2, 0.25) is 0 Å². The van der Waals surface area contributed by atoms with Crippen LogP contribution in [0.3, 0.4) is 0 Å². The van der Waals surface area contributed by atoms with Crippen molar-refractivity contribution in [3.63, 3.8) is 0 Å². The van der Waals surface area contributed by atoms with Crippen molar-refractivity contribution < 1.29 is 0 Å². The lowest BCUT2D eigenvalue weighted by molar-refractivity contribution is 0.594. The Morgan fingerprint density at radius 3 is 2.88 bits per heavy atom. The fourth-order valence-electron chi connectivity index (χ4n) is 1.82. The average Bonchev–Trinajstić information content (AvgIpc) is 2.95. The molecule has 2 aromatic heterocycles. The highest BCUT2D eigenvalue weighted by Crippen LogP contribution is 2.35. The van der Waals surface area contributed by atoms with E-state index in [0.29, 0.717) is 12.6 Å². The normalized spacial score (nSPS) is 15.6. The number of rotatable bonds is 3. The van der Waals surface area contributed by atoms with Gasteiger partial charge >= 0.3 is 5.69 Å². The molecule has 6 heteroatoms. The van der Waals surface area contributed by atoms with Crippen molar-refractivity contribution in [2.75, 3.05) is 0 Å². The Morgan fingerprint density at radius 2 is 2.25 bits per heavy atom. The van der Waals surface area contributed by atoms with Crippen LogP contribution in [0.1, 0.15) is 24.6 Å². The van der Waals surface area contributed by atoms with E-state index in [1.165, 1.54) is 28.4 Å². The van der Waals surface area contributed by atoms with E-state index in [0.717, 1.165) is 5.69 Å². The van der Waals surface area contributed by atoms with Crippen molar-refractivity contribution in [1.29, 1.82) is 0 Å². The van der Waals surface area contributed by atoms with Gasteiger partial charge in [-0.1, -0.05) is 0 Å². The van der Waals surface area contributed by atoms with Gasteiger partial charge in [0.25, 0.3) is 0 Å². The average molecular weight is 219 g/mol. The molecule has 16 heavy (non-hydrogen) atoms. The maximum atomic E-state index is 11.6. The second-order valence-corrected chi connectivity index (χ2v) is 4.21. The van der Waals surface area contributed by atoms with Gasteiger partial charge in [-0.25, -0.2) is 14.5 Å². The highest BCUT2D eigenvalue weighted by molar-refractivity contribution is 5.03. The topological polar surface area (TPSA) is 57.6 Å². The first-order valence-electron chi connectivity index (χ1n) is 5.35. The van der Waals surface area contributed by atoms with Gasteiger partial charge in [-0.15, -0.1) is 0 Å². The number of nitrogens with zero attached hydrogens (tertiary/aromatic N) is 5. The van der Waals surface area contributed by atoms with Crippen molar-refractivity contribution in [2.24, 2.45) is 7.05 Å². The second-order valence-electron chi connectivity index (χ2n) is 4.21. The predicted octanol–water partition coefficient (Wildman–Crippen LogP) is 0.161. The Bertz CT molecular complexity index is 560. The van der Waals surface area contributed by atoms with Crippen LogP contribution in [0, 0.1) is 0 Å². The maximum Gasteiger partial charge on any atom is 0.345 e. The van der Waals surface area contributed by atoms with Crippen LogP contribution in [-0.4, -0.2) is 23.9 Å². The van der Waals surface area contributed by atoms with E-state index < -0.39 is 0 Å². The zero-order chi connectivity index (χ0) is 11.1. The molecule has 0 bridgehead atoms. The van der Waals surface area contributed by atoms with Gasteiger partial charge < -0.3 is 4.57 Å². The summed E-state index contributed by atoms with van der Waals surface area (Å²) in [6, 6.07) is 0.580. The lowest BCUT2D eigenvalue weighted by Crippen LogP contribution is -2.24. The van der Waals surface area contributed by atoms with E-state index in [-0.39, 0.29) is 5.69 Å². The van der Waals surface area contributed by atoms with Crippen LogP contribution in [0.5, 0.6) is 0 Å². The summed E-state index contributed by atoms with van der Waals surface area (Å²) in [7, 11) is 1.70. The number of aromatic nitrogens is 5. The third kappa shape index (κ3) is 1.46. The van der Waals surface area contributed by atoms with Gasteiger partial charge in [0.1, 0.15) is 6.33 Å². The zero-order valence-electron chi connectivity index (χ0n) is 9.08. The summed E-state index contributed by atoms with van der Waals surface area (Å²) in [6.07, 6.45) is 7.58. The lowest BCUT2D eigenvalue weighted by Gasteiger charge is -2.05. The van der Waals surface area contributed by atoms with Crippen LogP contribution in [0.2, 0.25) is 0 Å². The van der Waals surface area contributed by atoms with E-state index in [9.17, 15) is 4.79 Å². The zero-order valence-corrected chi connectivity index (χ0v) is 9.08. The van der Waals surface area contributed by atoms with Crippen LogP contribution >= 0.6 is 0 Å². The summed E-state index contributed by atoms with van der Waals surface area (Å²) >= 11 is 0. The third-order valence-corrected chi connectivity index (χ3v) is 2.89. The first-order chi connectivity index (χ1) is 7.75.